The number of aryl methyl sites for hydroxylation is 2. The Morgan fingerprint density at radius 2 is 1.79 bits per heavy atom. The van der Waals surface area contributed by atoms with Crippen molar-refractivity contribution in [1.82, 2.24) is 9.78 Å². The van der Waals surface area contributed by atoms with Gasteiger partial charge >= 0.3 is 0 Å². The molecule has 2 heterocycles. The molecule has 0 spiro atoms. The second kappa shape index (κ2) is 8.64. The molecule has 1 aromatic heterocycles. The maximum absolute atomic E-state index is 13.5. The quantitative estimate of drug-likeness (QED) is 0.421. The van der Waals surface area contributed by atoms with E-state index in [1.54, 1.807) is 29.2 Å². The molecule has 33 heavy (non-hydrogen) atoms. The number of benzene rings is 3. The number of hydrogen-bond acceptors (Lipinski definition) is 4. The molecule has 0 aliphatic carbocycles. The van der Waals surface area contributed by atoms with Gasteiger partial charge in [-0.15, -0.1) is 0 Å². The van der Waals surface area contributed by atoms with Gasteiger partial charge in [0.05, 0.1) is 22.9 Å². The normalized spacial score (nSPS) is 12.7. The van der Waals surface area contributed by atoms with E-state index in [4.69, 9.17) is 9.84 Å². The summed E-state index contributed by atoms with van der Waals surface area (Å²) in [7, 11) is 0. The average molecular weight is 434 g/mol. The van der Waals surface area contributed by atoms with E-state index in [1.165, 1.54) is 0 Å². The molecule has 0 radical (unpaired) electrons. The van der Waals surface area contributed by atoms with E-state index in [2.05, 4.69) is 6.07 Å². The zero-order valence-electron chi connectivity index (χ0n) is 18.2. The average Bonchev–Trinajstić information content (AvgIpc) is 3.20. The first-order valence-electron chi connectivity index (χ1n) is 10.9. The summed E-state index contributed by atoms with van der Waals surface area (Å²) in [5, 5.41) is 14.0. The molecule has 6 heteroatoms. The van der Waals surface area contributed by atoms with Crippen LogP contribution in [0.1, 0.15) is 28.0 Å². The Labute approximate surface area is 192 Å². The Bertz CT molecular complexity index is 1370. The van der Waals surface area contributed by atoms with E-state index >= 15 is 0 Å². The van der Waals surface area contributed by atoms with Gasteiger partial charge in [-0.3, -0.25) is 9.69 Å². The molecule has 0 unspecified atom stereocenters. The number of carbonyl (C=O) groups excluding carboxylic acids is 1. The highest BCUT2D eigenvalue weighted by molar-refractivity contribution is 6.08. The summed E-state index contributed by atoms with van der Waals surface area (Å²) < 4.78 is 8.12. The van der Waals surface area contributed by atoms with Gasteiger partial charge < -0.3 is 4.74 Å². The first kappa shape index (κ1) is 20.5. The number of carbonyl (C=O) groups is 1. The van der Waals surface area contributed by atoms with E-state index < -0.39 is 0 Å². The summed E-state index contributed by atoms with van der Waals surface area (Å²) in [6.07, 6.45) is 0.805. The van der Waals surface area contributed by atoms with E-state index in [-0.39, 0.29) is 5.91 Å². The van der Waals surface area contributed by atoms with Gasteiger partial charge in [0.25, 0.3) is 5.91 Å². The molecule has 5 rings (SSSR count). The maximum atomic E-state index is 13.5. The number of fused-ring (bicyclic) bond motifs is 1. The van der Waals surface area contributed by atoms with Gasteiger partial charge in [-0.25, -0.2) is 4.68 Å². The SMILES string of the molecule is Cc1nn2c(c1-c1ccccc1Oc1ccccc1)N(C(=O)c1cccc(C#N)c1)CCC2. The predicted octanol–water partition coefficient (Wildman–Crippen LogP) is 5.57. The Morgan fingerprint density at radius 3 is 2.61 bits per heavy atom. The lowest BCUT2D eigenvalue weighted by Gasteiger charge is -2.29. The number of aromatic nitrogens is 2. The zero-order chi connectivity index (χ0) is 22.8. The maximum Gasteiger partial charge on any atom is 0.259 e. The number of hydrogen-bond donors (Lipinski definition) is 0. The molecule has 0 N–H and O–H groups in total. The van der Waals surface area contributed by atoms with Crippen LogP contribution in [-0.4, -0.2) is 22.2 Å². The van der Waals surface area contributed by atoms with Gasteiger partial charge in [0.15, 0.2) is 0 Å². The largest absolute Gasteiger partial charge is 0.457 e. The molecule has 6 nitrogen and oxygen atoms in total. The number of rotatable bonds is 4. The topological polar surface area (TPSA) is 71.2 Å². The van der Waals surface area contributed by atoms with Gasteiger partial charge in [-0.05, 0) is 49.7 Å². The molecule has 162 valence electrons. The first-order chi connectivity index (χ1) is 16.2. The molecule has 1 amide bonds. The molecular weight excluding hydrogens is 412 g/mol. The Hall–Kier alpha value is -4.37. The fourth-order valence-electron chi connectivity index (χ4n) is 4.25. The lowest BCUT2D eigenvalue weighted by atomic mass is 10.0. The monoisotopic (exact) mass is 434 g/mol. The van der Waals surface area contributed by atoms with Crippen LogP contribution in [0.2, 0.25) is 0 Å². The number of nitriles is 1. The zero-order valence-corrected chi connectivity index (χ0v) is 18.2. The highest BCUT2D eigenvalue weighted by atomic mass is 16.5. The van der Waals surface area contributed by atoms with Crippen molar-refractivity contribution in [2.75, 3.05) is 11.4 Å². The predicted molar refractivity (Wildman–Crippen MR) is 126 cm³/mol. The third-order valence-electron chi connectivity index (χ3n) is 5.72. The van der Waals surface area contributed by atoms with Crippen molar-refractivity contribution in [3.63, 3.8) is 0 Å². The fraction of sp³-hybridized carbons (Fsp3) is 0.148. The van der Waals surface area contributed by atoms with Crippen LogP contribution in [0.15, 0.2) is 78.9 Å². The first-order valence-corrected chi connectivity index (χ1v) is 10.9. The van der Waals surface area contributed by atoms with Crippen LogP contribution >= 0.6 is 0 Å². The minimum Gasteiger partial charge on any atom is -0.457 e. The van der Waals surface area contributed by atoms with Crippen LogP contribution in [0.4, 0.5) is 5.82 Å². The minimum atomic E-state index is -0.143. The summed E-state index contributed by atoms with van der Waals surface area (Å²) in [6, 6.07) is 26.4. The van der Waals surface area contributed by atoms with Crippen LogP contribution in [0.5, 0.6) is 11.5 Å². The van der Waals surface area contributed by atoms with Gasteiger partial charge in [0.2, 0.25) is 0 Å². The molecule has 3 aromatic carbocycles. The van der Waals surface area contributed by atoms with Crippen LogP contribution in [0, 0.1) is 18.3 Å². The van der Waals surface area contributed by atoms with Crippen molar-refractivity contribution in [1.29, 1.82) is 5.26 Å². The summed E-state index contributed by atoms with van der Waals surface area (Å²) in [4.78, 5) is 15.3. The van der Waals surface area contributed by atoms with Crippen molar-refractivity contribution in [3.8, 4) is 28.7 Å². The summed E-state index contributed by atoms with van der Waals surface area (Å²) in [5.41, 5.74) is 3.54. The lowest BCUT2D eigenvalue weighted by molar-refractivity contribution is 0.0981. The number of amides is 1. The Balaban J connectivity index is 1.61. The van der Waals surface area contributed by atoms with Gasteiger partial charge in [0, 0.05) is 24.2 Å². The summed E-state index contributed by atoms with van der Waals surface area (Å²) in [6.45, 7) is 3.27. The smallest absolute Gasteiger partial charge is 0.259 e. The van der Waals surface area contributed by atoms with Crippen LogP contribution in [-0.2, 0) is 6.54 Å². The van der Waals surface area contributed by atoms with E-state index in [1.807, 2.05) is 66.2 Å². The second-order valence-electron chi connectivity index (χ2n) is 7.92. The van der Waals surface area contributed by atoms with E-state index in [0.29, 0.717) is 23.4 Å². The van der Waals surface area contributed by atoms with Crippen molar-refractivity contribution in [2.45, 2.75) is 19.9 Å². The summed E-state index contributed by atoms with van der Waals surface area (Å²) >= 11 is 0. The van der Waals surface area contributed by atoms with E-state index in [9.17, 15) is 10.1 Å². The Morgan fingerprint density at radius 1 is 1.00 bits per heavy atom. The third kappa shape index (κ3) is 3.85. The number of ether oxygens (including phenoxy) is 1. The fourth-order valence-corrected chi connectivity index (χ4v) is 4.25. The minimum absolute atomic E-state index is 0.143. The molecule has 0 fully saturated rings. The molecule has 0 bridgehead atoms. The molecule has 0 saturated heterocycles. The third-order valence-corrected chi connectivity index (χ3v) is 5.72. The van der Waals surface area contributed by atoms with Gasteiger partial charge in [-0.1, -0.05) is 42.5 Å². The van der Waals surface area contributed by atoms with Gasteiger partial charge in [0.1, 0.15) is 17.3 Å². The highest BCUT2D eigenvalue weighted by Crippen LogP contribution is 2.42. The molecule has 0 saturated carbocycles. The molecule has 0 atom stereocenters. The Kier molecular flexibility index (Phi) is 5.37. The molecule has 1 aliphatic rings. The highest BCUT2D eigenvalue weighted by Gasteiger charge is 2.31. The number of para-hydroxylation sites is 2. The van der Waals surface area contributed by atoms with E-state index in [0.717, 1.165) is 41.4 Å². The summed E-state index contributed by atoms with van der Waals surface area (Å²) in [5.74, 6) is 2.06. The second-order valence-corrected chi connectivity index (χ2v) is 7.92. The number of anilines is 1. The van der Waals surface area contributed by atoms with Crippen molar-refractivity contribution in [3.05, 3.63) is 95.7 Å². The van der Waals surface area contributed by atoms with Crippen molar-refractivity contribution < 1.29 is 9.53 Å². The standard InChI is InChI=1S/C27H22N4O2/c1-19-25(23-13-5-6-14-24(23)33-22-11-3-2-4-12-22)26-30(15-8-16-31(26)29-19)27(32)21-10-7-9-20(17-21)18-28/h2-7,9-14,17H,8,15-16H2,1H3. The van der Waals surface area contributed by atoms with Crippen molar-refractivity contribution >= 4 is 11.7 Å². The van der Waals surface area contributed by atoms with Crippen LogP contribution < -0.4 is 9.64 Å². The van der Waals surface area contributed by atoms with Crippen LogP contribution in [0.25, 0.3) is 11.1 Å². The van der Waals surface area contributed by atoms with Crippen LogP contribution in [0.3, 0.4) is 0 Å². The molecule has 4 aromatic rings. The number of nitrogens with zero attached hydrogens (tertiary/aromatic N) is 4. The lowest BCUT2D eigenvalue weighted by Crippen LogP contribution is -2.38. The van der Waals surface area contributed by atoms with Gasteiger partial charge in [-0.2, -0.15) is 10.4 Å². The molecular formula is C27H22N4O2. The van der Waals surface area contributed by atoms with Crippen molar-refractivity contribution in [2.24, 2.45) is 0 Å². The molecule has 1 aliphatic heterocycles.